The first-order chi connectivity index (χ1) is 7.65. The Morgan fingerprint density at radius 3 is 2.69 bits per heavy atom. The molecule has 2 heteroatoms. The van der Waals surface area contributed by atoms with Crippen molar-refractivity contribution in [1.82, 2.24) is 0 Å². The van der Waals surface area contributed by atoms with Gasteiger partial charge in [-0.05, 0) is 30.0 Å². The SMILES string of the molecule is Cc1ccc(C(C)C)c(OCC=CCS)c1. The second-order valence-corrected chi connectivity index (χ2v) is 4.53. The van der Waals surface area contributed by atoms with E-state index < -0.39 is 0 Å². The van der Waals surface area contributed by atoms with Gasteiger partial charge in [0, 0.05) is 5.75 Å². The van der Waals surface area contributed by atoms with Crippen molar-refractivity contribution < 1.29 is 4.74 Å². The van der Waals surface area contributed by atoms with Crippen LogP contribution in [0.2, 0.25) is 0 Å². The Labute approximate surface area is 104 Å². The van der Waals surface area contributed by atoms with Gasteiger partial charge in [0.15, 0.2) is 0 Å². The summed E-state index contributed by atoms with van der Waals surface area (Å²) in [6, 6.07) is 6.38. The second kappa shape index (κ2) is 6.64. The number of thiol groups is 1. The predicted octanol–water partition coefficient (Wildman–Crippen LogP) is 3.98. The van der Waals surface area contributed by atoms with Crippen LogP contribution in [0.4, 0.5) is 0 Å². The van der Waals surface area contributed by atoms with Gasteiger partial charge in [-0.1, -0.05) is 38.1 Å². The van der Waals surface area contributed by atoms with Gasteiger partial charge in [-0.15, -0.1) is 0 Å². The molecular weight excluding hydrogens is 216 g/mol. The molecule has 0 radical (unpaired) electrons. The molecule has 1 aromatic carbocycles. The van der Waals surface area contributed by atoms with Crippen molar-refractivity contribution in [1.29, 1.82) is 0 Å². The fourth-order valence-corrected chi connectivity index (χ4v) is 1.67. The number of ether oxygens (including phenoxy) is 1. The maximum Gasteiger partial charge on any atom is 0.123 e. The molecular formula is C14H20OS. The number of benzene rings is 1. The molecule has 1 nitrogen and oxygen atoms in total. The van der Waals surface area contributed by atoms with E-state index in [0.717, 1.165) is 11.5 Å². The van der Waals surface area contributed by atoms with Crippen LogP contribution in [0.25, 0.3) is 0 Å². The summed E-state index contributed by atoms with van der Waals surface area (Å²) >= 11 is 4.11. The summed E-state index contributed by atoms with van der Waals surface area (Å²) in [5.41, 5.74) is 2.50. The number of hydrogen-bond acceptors (Lipinski definition) is 2. The van der Waals surface area contributed by atoms with E-state index in [1.54, 1.807) is 0 Å². The molecule has 16 heavy (non-hydrogen) atoms. The van der Waals surface area contributed by atoms with Crippen molar-refractivity contribution in [2.45, 2.75) is 26.7 Å². The third kappa shape index (κ3) is 3.93. The molecule has 0 amide bonds. The van der Waals surface area contributed by atoms with Crippen LogP contribution in [0.15, 0.2) is 30.4 Å². The van der Waals surface area contributed by atoms with Crippen LogP contribution in [0.1, 0.15) is 30.9 Å². The van der Waals surface area contributed by atoms with E-state index in [9.17, 15) is 0 Å². The lowest BCUT2D eigenvalue weighted by Gasteiger charge is -2.13. The highest BCUT2D eigenvalue weighted by Gasteiger charge is 2.07. The molecule has 0 spiro atoms. The predicted molar refractivity (Wildman–Crippen MR) is 73.8 cm³/mol. The van der Waals surface area contributed by atoms with Crippen LogP contribution in [0.3, 0.4) is 0 Å². The Morgan fingerprint density at radius 2 is 2.06 bits per heavy atom. The Kier molecular flexibility index (Phi) is 5.47. The summed E-state index contributed by atoms with van der Waals surface area (Å²) in [4.78, 5) is 0. The van der Waals surface area contributed by atoms with E-state index in [1.807, 2.05) is 12.2 Å². The van der Waals surface area contributed by atoms with Crippen molar-refractivity contribution in [3.05, 3.63) is 41.5 Å². The summed E-state index contributed by atoms with van der Waals surface area (Å²) in [7, 11) is 0. The molecule has 0 saturated carbocycles. The Hall–Kier alpha value is -0.890. The topological polar surface area (TPSA) is 9.23 Å². The molecule has 0 bridgehead atoms. The van der Waals surface area contributed by atoms with E-state index in [2.05, 4.69) is 51.6 Å². The summed E-state index contributed by atoms with van der Waals surface area (Å²) in [6.07, 6.45) is 3.99. The van der Waals surface area contributed by atoms with Crippen LogP contribution >= 0.6 is 12.6 Å². The second-order valence-electron chi connectivity index (χ2n) is 4.16. The fraction of sp³-hybridized carbons (Fsp3) is 0.429. The maximum absolute atomic E-state index is 5.76. The van der Waals surface area contributed by atoms with Gasteiger partial charge in [-0.3, -0.25) is 0 Å². The van der Waals surface area contributed by atoms with Crippen molar-refractivity contribution >= 4 is 12.6 Å². The third-order valence-electron chi connectivity index (χ3n) is 2.40. The number of hydrogen-bond donors (Lipinski definition) is 1. The average molecular weight is 236 g/mol. The fourth-order valence-electron chi connectivity index (χ4n) is 1.52. The van der Waals surface area contributed by atoms with E-state index in [1.165, 1.54) is 11.1 Å². The van der Waals surface area contributed by atoms with Crippen LogP contribution in [0, 0.1) is 6.92 Å². The van der Waals surface area contributed by atoms with E-state index >= 15 is 0 Å². The Balaban J connectivity index is 2.76. The van der Waals surface area contributed by atoms with Crippen LogP contribution in [0.5, 0.6) is 5.75 Å². The molecule has 0 N–H and O–H groups in total. The molecule has 1 aromatic rings. The zero-order valence-corrected chi connectivity index (χ0v) is 11.1. The van der Waals surface area contributed by atoms with Crippen LogP contribution in [-0.2, 0) is 0 Å². The molecule has 88 valence electrons. The van der Waals surface area contributed by atoms with Crippen LogP contribution in [-0.4, -0.2) is 12.4 Å². The van der Waals surface area contributed by atoms with Gasteiger partial charge in [0.1, 0.15) is 12.4 Å². The maximum atomic E-state index is 5.76. The quantitative estimate of drug-likeness (QED) is 0.601. The number of rotatable bonds is 5. The van der Waals surface area contributed by atoms with Gasteiger partial charge < -0.3 is 4.74 Å². The first kappa shape index (κ1) is 13.2. The van der Waals surface area contributed by atoms with E-state index in [4.69, 9.17) is 4.74 Å². The largest absolute Gasteiger partial charge is 0.489 e. The minimum absolute atomic E-state index is 0.490. The first-order valence-corrected chi connectivity index (χ1v) is 6.27. The lowest BCUT2D eigenvalue weighted by atomic mass is 10.0. The van der Waals surface area contributed by atoms with Gasteiger partial charge in [-0.2, -0.15) is 12.6 Å². The lowest BCUT2D eigenvalue weighted by Crippen LogP contribution is -1.99. The smallest absolute Gasteiger partial charge is 0.123 e. The molecule has 0 atom stereocenters. The zero-order chi connectivity index (χ0) is 12.0. The molecule has 0 fully saturated rings. The minimum Gasteiger partial charge on any atom is -0.489 e. The molecule has 0 aromatic heterocycles. The van der Waals surface area contributed by atoms with Crippen molar-refractivity contribution in [3.63, 3.8) is 0 Å². The first-order valence-electron chi connectivity index (χ1n) is 5.64. The lowest BCUT2D eigenvalue weighted by molar-refractivity contribution is 0.357. The van der Waals surface area contributed by atoms with Gasteiger partial charge in [0.2, 0.25) is 0 Å². The molecule has 0 heterocycles. The van der Waals surface area contributed by atoms with Crippen molar-refractivity contribution in [2.75, 3.05) is 12.4 Å². The van der Waals surface area contributed by atoms with Crippen molar-refractivity contribution in [2.24, 2.45) is 0 Å². The summed E-state index contributed by atoms with van der Waals surface area (Å²) in [5, 5.41) is 0. The molecule has 1 rings (SSSR count). The Morgan fingerprint density at radius 1 is 1.31 bits per heavy atom. The highest BCUT2D eigenvalue weighted by molar-refractivity contribution is 7.80. The van der Waals surface area contributed by atoms with Crippen molar-refractivity contribution in [3.8, 4) is 5.75 Å². The molecule has 0 aliphatic carbocycles. The normalized spacial score (nSPS) is 11.3. The van der Waals surface area contributed by atoms with Gasteiger partial charge in [0.05, 0.1) is 0 Å². The monoisotopic (exact) mass is 236 g/mol. The van der Waals surface area contributed by atoms with Crippen LogP contribution < -0.4 is 4.74 Å². The highest BCUT2D eigenvalue weighted by atomic mass is 32.1. The molecule has 0 saturated heterocycles. The minimum atomic E-state index is 0.490. The third-order valence-corrected chi connectivity index (χ3v) is 2.61. The zero-order valence-electron chi connectivity index (χ0n) is 10.2. The standard InChI is InChI=1S/C14H20OS/c1-11(2)13-7-6-12(3)10-14(13)15-8-4-5-9-16/h4-7,10-11,16H,8-9H2,1-3H3. The summed E-state index contributed by atoms with van der Waals surface area (Å²) in [6.45, 7) is 7.06. The van der Waals surface area contributed by atoms with E-state index in [0.29, 0.717) is 12.5 Å². The Bertz CT molecular complexity index is 356. The van der Waals surface area contributed by atoms with Gasteiger partial charge in [0.25, 0.3) is 0 Å². The van der Waals surface area contributed by atoms with Gasteiger partial charge >= 0.3 is 0 Å². The molecule has 0 aliphatic rings. The highest BCUT2D eigenvalue weighted by Crippen LogP contribution is 2.27. The van der Waals surface area contributed by atoms with E-state index in [-0.39, 0.29) is 0 Å². The number of aryl methyl sites for hydroxylation is 1. The summed E-state index contributed by atoms with van der Waals surface area (Å²) in [5.74, 6) is 2.25. The molecule has 0 unspecified atom stereocenters. The average Bonchev–Trinajstić information content (AvgIpc) is 2.24. The van der Waals surface area contributed by atoms with Gasteiger partial charge in [-0.25, -0.2) is 0 Å². The summed E-state index contributed by atoms with van der Waals surface area (Å²) < 4.78 is 5.76. The molecule has 0 aliphatic heterocycles.